The lowest BCUT2D eigenvalue weighted by atomic mass is 9.96. The van der Waals surface area contributed by atoms with Gasteiger partial charge in [0.25, 0.3) is 0 Å². The van der Waals surface area contributed by atoms with Crippen LogP contribution in [0, 0.1) is 5.92 Å². The van der Waals surface area contributed by atoms with Crippen LogP contribution in [0.2, 0.25) is 0 Å². The van der Waals surface area contributed by atoms with E-state index in [0.29, 0.717) is 24.6 Å². The highest BCUT2D eigenvalue weighted by Gasteiger charge is 2.27. The third-order valence-electron chi connectivity index (χ3n) is 2.96. The van der Waals surface area contributed by atoms with Crippen LogP contribution in [0.4, 0.5) is 5.69 Å². The molecule has 1 unspecified atom stereocenters. The van der Waals surface area contributed by atoms with E-state index < -0.39 is 5.54 Å². The molecule has 1 rings (SSSR count). The third kappa shape index (κ3) is 6.82. The van der Waals surface area contributed by atoms with Crippen molar-refractivity contribution >= 4 is 24.0 Å². The van der Waals surface area contributed by atoms with Gasteiger partial charge >= 0.3 is 0 Å². The second-order valence-corrected chi connectivity index (χ2v) is 5.85. The Kier molecular flexibility index (Phi) is 8.37. The number of hydrogen-bond acceptors (Lipinski definition) is 3. The minimum atomic E-state index is -0.844. The predicted molar refractivity (Wildman–Crippen MR) is 90.2 cm³/mol. The maximum Gasteiger partial charge on any atom is 0.244 e. The van der Waals surface area contributed by atoms with Gasteiger partial charge in [-0.05, 0) is 31.4 Å². The van der Waals surface area contributed by atoms with E-state index in [0.717, 1.165) is 12.2 Å². The molecule has 0 aliphatic heterocycles. The fraction of sp³-hybridized carbons (Fsp3) is 0.562. The van der Waals surface area contributed by atoms with E-state index in [4.69, 9.17) is 10.5 Å². The molecule has 0 saturated carbocycles. The van der Waals surface area contributed by atoms with Gasteiger partial charge in [-0.25, -0.2) is 0 Å². The normalized spacial score (nSPS) is 13.2. The van der Waals surface area contributed by atoms with Crippen molar-refractivity contribution in [2.24, 2.45) is 11.7 Å². The number of halogens is 1. The molecule has 1 amide bonds. The average Bonchev–Trinajstić information content (AvgIpc) is 2.36. The van der Waals surface area contributed by atoms with Gasteiger partial charge in [0.2, 0.25) is 5.91 Å². The van der Waals surface area contributed by atoms with Gasteiger partial charge in [-0.1, -0.05) is 33.3 Å². The van der Waals surface area contributed by atoms with Crippen molar-refractivity contribution in [2.75, 3.05) is 11.9 Å². The van der Waals surface area contributed by atoms with Crippen molar-refractivity contribution in [1.82, 2.24) is 0 Å². The molecule has 3 N–H and O–H groups in total. The molecular formula is C16H27ClN2O2. The minimum Gasteiger partial charge on any atom is -0.493 e. The number of anilines is 1. The van der Waals surface area contributed by atoms with Crippen LogP contribution in [0.25, 0.3) is 0 Å². The molecule has 21 heavy (non-hydrogen) atoms. The molecule has 5 heteroatoms. The van der Waals surface area contributed by atoms with Gasteiger partial charge in [0.1, 0.15) is 5.75 Å². The number of benzene rings is 1. The summed E-state index contributed by atoms with van der Waals surface area (Å²) in [4.78, 5) is 12.1. The van der Waals surface area contributed by atoms with Crippen molar-refractivity contribution in [1.29, 1.82) is 0 Å². The van der Waals surface area contributed by atoms with E-state index in [2.05, 4.69) is 19.2 Å². The van der Waals surface area contributed by atoms with Crippen molar-refractivity contribution in [3.63, 3.8) is 0 Å². The fourth-order valence-electron chi connectivity index (χ4n) is 1.83. The summed E-state index contributed by atoms with van der Waals surface area (Å²) in [6.07, 6.45) is 1.53. The Hall–Kier alpha value is -1.26. The number of carbonyl (C=O) groups is 1. The van der Waals surface area contributed by atoms with E-state index in [1.54, 1.807) is 6.92 Å². The number of nitrogens with two attached hydrogens (primary N) is 1. The molecule has 0 radical (unpaired) electrons. The maximum absolute atomic E-state index is 12.1. The van der Waals surface area contributed by atoms with E-state index in [9.17, 15) is 4.79 Å². The van der Waals surface area contributed by atoms with Crippen LogP contribution in [0.5, 0.6) is 5.75 Å². The molecule has 0 aromatic heterocycles. The third-order valence-corrected chi connectivity index (χ3v) is 2.96. The molecule has 1 aromatic carbocycles. The van der Waals surface area contributed by atoms with Crippen LogP contribution in [-0.2, 0) is 4.79 Å². The van der Waals surface area contributed by atoms with Crippen LogP contribution < -0.4 is 15.8 Å². The first-order chi connectivity index (χ1) is 9.35. The van der Waals surface area contributed by atoms with Crippen LogP contribution in [0.3, 0.4) is 0 Å². The van der Waals surface area contributed by atoms with Crippen molar-refractivity contribution < 1.29 is 9.53 Å². The van der Waals surface area contributed by atoms with Crippen molar-refractivity contribution in [2.45, 2.75) is 46.1 Å². The number of ether oxygens (including phenoxy) is 1. The number of carbonyl (C=O) groups excluding carboxylic acids is 1. The Morgan fingerprint density at radius 2 is 2.10 bits per heavy atom. The molecule has 0 fully saturated rings. The molecule has 4 nitrogen and oxygen atoms in total. The molecule has 0 spiro atoms. The SMILES string of the molecule is CCCC(C)(N)C(=O)Nc1cccc(OCC(C)C)c1.Cl. The maximum atomic E-state index is 12.1. The number of hydrogen-bond donors (Lipinski definition) is 2. The zero-order chi connectivity index (χ0) is 15.2. The second kappa shape index (κ2) is 8.90. The molecule has 120 valence electrons. The summed E-state index contributed by atoms with van der Waals surface area (Å²) in [5.74, 6) is 1.05. The Morgan fingerprint density at radius 3 is 2.67 bits per heavy atom. The van der Waals surface area contributed by atoms with Gasteiger partial charge in [0.05, 0.1) is 12.1 Å². The molecule has 1 aromatic rings. The quantitative estimate of drug-likeness (QED) is 0.808. The minimum absolute atomic E-state index is 0. The van der Waals surface area contributed by atoms with Gasteiger partial charge in [-0.15, -0.1) is 12.4 Å². The van der Waals surface area contributed by atoms with Crippen molar-refractivity contribution in [3.05, 3.63) is 24.3 Å². The number of nitrogens with one attached hydrogen (secondary N) is 1. The average molecular weight is 315 g/mol. The van der Waals surface area contributed by atoms with E-state index >= 15 is 0 Å². The summed E-state index contributed by atoms with van der Waals surface area (Å²) in [5, 5.41) is 2.85. The Labute approximate surface area is 133 Å². The van der Waals surface area contributed by atoms with Gasteiger partial charge in [0.15, 0.2) is 0 Å². The van der Waals surface area contributed by atoms with Crippen LogP contribution in [0.1, 0.15) is 40.5 Å². The first kappa shape index (κ1) is 19.7. The summed E-state index contributed by atoms with van der Waals surface area (Å²) >= 11 is 0. The van der Waals surface area contributed by atoms with Gasteiger partial charge in [-0.3, -0.25) is 4.79 Å². The van der Waals surface area contributed by atoms with E-state index in [1.165, 1.54) is 0 Å². The molecule has 0 heterocycles. The smallest absolute Gasteiger partial charge is 0.244 e. The molecule has 0 bridgehead atoms. The lowest BCUT2D eigenvalue weighted by Crippen LogP contribution is -2.48. The van der Waals surface area contributed by atoms with Gasteiger partial charge in [-0.2, -0.15) is 0 Å². The molecule has 0 saturated heterocycles. The van der Waals surface area contributed by atoms with E-state index in [-0.39, 0.29) is 18.3 Å². The standard InChI is InChI=1S/C16H26N2O2.ClH/c1-5-9-16(4,17)15(19)18-13-7-6-8-14(10-13)20-11-12(2)3;/h6-8,10,12H,5,9,11,17H2,1-4H3,(H,18,19);1H. The Morgan fingerprint density at radius 1 is 1.43 bits per heavy atom. The fourth-order valence-corrected chi connectivity index (χ4v) is 1.83. The summed E-state index contributed by atoms with van der Waals surface area (Å²) in [5.41, 5.74) is 5.88. The molecule has 1 atom stereocenters. The molecular weight excluding hydrogens is 288 g/mol. The van der Waals surface area contributed by atoms with Gasteiger partial charge in [0, 0.05) is 11.8 Å². The van der Waals surface area contributed by atoms with Crippen LogP contribution in [-0.4, -0.2) is 18.1 Å². The first-order valence-corrected chi connectivity index (χ1v) is 7.18. The molecule has 0 aliphatic carbocycles. The topological polar surface area (TPSA) is 64.4 Å². The number of amides is 1. The van der Waals surface area contributed by atoms with Crippen molar-refractivity contribution in [3.8, 4) is 5.75 Å². The highest BCUT2D eigenvalue weighted by atomic mass is 35.5. The van der Waals surface area contributed by atoms with Crippen LogP contribution in [0.15, 0.2) is 24.3 Å². The highest BCUT2D eigenvalue weighted by molar-refractivity contribution is 5.97. The lowest BCUT2D eigenvalue weighted by molar-refractivity contribution is -0.120. The summed E-state index contributed by atoms with van der Waals surface area (Å²) in [6.45, 7) is 8.61. The van der Waals surface area contributed by atoms with E-state index in [1.807, 2.05) is 31.2 Å². The summed E-state index contributed by atoms with van der Waals surface area (Å²) < 4.78 is 5.64. The molecule has 0 aliphatic rings. The lowest BCUT2D eigenvalue weighted by Gasteiger charge is -2.23. The highest BCUT2D eigenvalue weighted by Crippen LogP contribution is 2.20. The summed E-state index contributed by atoms with van der Waals surface area (Å²) in [6, 6.07) is 7.40. The first-order valence-electron chi connectivity index (χ1n) is 7.18. The Bertz CT molecular complexity index is 448. The largest absolute Gasteiger partial charge is 0.493 e. The zero-order valence-corrected chi connectivity index (χ0v) is 14.1. The Balaban J connectivity index is 0.00000400. The predicted octanol–water partition coefficient (Wildman–Crippen LogP) is 3.60. The summed E-state index contributed by atoms with van der Waals surface area (Å²) in [7, 11) is 0. The second-order valence-electron chi connectivity index (χ2n) is 5.85. The number of rotatable bonds is 7. The van der Waals surface area contributed by atoms with Gasteiger partial charge < -0.3 is 15.8 Å². The monoisotopic (exact) mass is 314 g/mol. The zero-order valence-electron chi connectivity index (χ0n) is 13.3. The van der Waals surface area contributed by atoms with Crippen LogP contribution >= 0.6 is 12.4 Å².